The molecule has 1 aliphatic heterocycles. The fraction of sp³-hybridized carbons (Fsp3) is 0.286. The number of nitrogens with one attached hydrogen (secondary N) is 1. The Kier molecular flexibility index (Phi) is 6.90. The summed E-state index contributed by atoms with van der Waals surface area (Å²) in [6.07, 6.45) is 4.29. The first-order valence-corrected chi connectivity index (χ1v) is 12.3. The standard InChI is InChI=1S/C28H27F2N5O3/c1-28(38)8-11-34(12-9-28)25-21-13-18(5-7-24(21)32-17-33-25)15-31-26(36)20-3-2-10-35(27(20)37)16-19-4-6-22(29)23(30)14-19/h2-7,10,13-14,17,38H,8-9,11-12,15-16H2,1H3,(H,31,36). The van der Waals surface area contributed by atoms with E-state index in [1.165, 1.54) is 29.2 Å². The quantitative estimate of drug-likeness (QED) is 0.405. The van der Waals surface area contributed by atoms with Gasteiger partial charge in [0.25, 0.3) is 11.5 Å². The smallest absolute Gasteiger partial charge is 0.263 e. The van der Waals surface area contributed by atoms with Gasteiger partial charge in [0.05, 0.1) is 17.7 Å². The van der Waals surface area contributed by atoms with Crippen molar-refractivity contribution in [3.8, 4) is 0 Å². The van der Waals surface area contributed by atoms with Crippen LogP contribution >= 0.6 is 0 Å². The summed E-state index contributed by atoms with van der Waals surface area (Å²) in [5.41, 5.74) is 0.703. The van der Waals surface area contributed by atoms with E-state index in [1.54, 1.807) is 6.07 Å². The molecule has 0 radical (unpaired) electrons. The minimum Gasteiger partial charge on any atom is -0.390 e. The summed E-state index contributed by atoms with van der Waals surface area (Å²) in [6, 6.07) is 12.0. The highest BCUT2D eigenvalue weighted by Gasteiger charge is 2.28. The second kappa shape index (κ2) is 10.3. The van der Waals surface area contributed by atoms with Gasteiger partial charge in [0, 0.05) is 31.2 Å². The number of rotatable bonds is 6. The first-order valence-electron chi connectivity index (χ1n) is 12.3. The lowest BCUT2D eigenvalue weighted by molar-refractivity contribution is 0.0350. The molecule has 0 atom stereocenters. The largest absolute Gasteiger partial charge is 0.390 e. The number of anilines is 1. The van der Waals surface area contributed by atoms with Crippen molar-refractivity contribution in [2.45, 2.75) is 38.5 Å². The van der Waals surface area contributed by atoms with Crippen LogP contribution in [0.3, 0.4) is 0 Å². The molecule has 0 saturated carbocycles. The Morgan fingerprint density at radius 3 is 2.58 bits per heavy atom. The number of piperidine rings is 1. The molecule has 0 unspecified atom stereocenters. The van der Waals surface area contributed by atoms with Crippen LogP contribution in [-0.2, 0) is 13.1 Å². The molecule has 3 heterocycles. The fourth-order valence-electron chi connectivity index (χ4n) is 4.60. The lowest BCUT2D eigenvalue weighted by atomic mass is 9.93. The molecule has 196 valence electrons. The second-order valence-electron chi connectivity index (χ2n) is 9.82. The molecule has 8 nitrogen and oxygen atoms in total. The summed E-state index contributed by atoms with van der Waals surface area (Å²) in [5.74, 6) is -1.73. The zero-order valence-electron chi connectivity index (χ0n) is 20.8. The van der Waals surface area contributed by atoms with E-state index in [1.807, 2.05) is 25.1 Å². The Balaban J connectivity index is 1.32. The van der Waals surface area contributed by atoms with E-state index in [9.17, 15) is 23.5 Å². The Bertz CT molecular complexity index is 1560. The average Bonchev–Trinajstić information content (AvgIpc) is 2.90. The number of nitrogens with zero attached hydrogens (tertiary/aromatic N) is 4. The molecule has 0 spiro atoms. The number of carbonyl (C=O) groups excluding carboxylic acids is 1. The predicted molar refractivity (Wildman–Crippen MR) is 139 cm³/mol. The summed E-state index contributed by atoms with van der Waals surface area (Å²) in [5, 5.41) is 13.9. The third kappa shape index (κ3) is 5.40. The highest BCUT2D eigenvalue weighted by molar-refractivity contribution is 5.94. The Morgan fingerprint density at radius 2 is 1.82 bits per heavy atom. The van der Waals surface area contributed by atoms with E-state index < -0.39 is 28.7 Å². The Morgan fingerprint density at radius 1 is 1.05 bits per heavy atom. The van der Waals surface area contributed by atoms with Gasteiger partial charge in [-0.05, 0) is 67.3 Å². The summed E-state index contributed by atoms with van der Waals surface area (Å²) in [6.45, 7) is 3.36. The van der Waals surface area contributed by atoms with Gasteiger partial charge in [-0.15, -0.1) is 0 Å². The van der Waals surface area contributed by atoms with Crippen molar-refractivity contribution in [2.24, 2.45) is 0 Å². The van der Waals surface area contributed by atoms with Gasteiger partial charge in [0.15, 0.2) is 11.6 Å². The molecule has 2 aromatic heterocycles. The number of carbonyl (C=O) groups is 1. The van der Waals surface area contributed by atoms with Gasteiger partial charge in [-0.1, -0.05) is 12.1 Å². The van der Waals surface area contributed by atoms with E-state index >= 15 is 0 Å². The van der Waals surface area contributed by atoms with E-state index in [4.69, 9.17) is 0 Å². The molecule has 4 aromatic rings. The normalized spacial score (nSPS) is 15.0. The van der Waals surface area contributed by atoms with Crippen molar-refractivity contribution in [3.05, 3.63) is 99.7 Å². The fourth-order valence-corrected chi connectivity index (χ4v) is 4.60. The molecule has 1 amide bonds. The maximum absolute atomic E-state index is 13.6. The van der Waals surface area contributed by atoms with Crippen molar-refractivity contribution in [1.82, 2.24) is 19.9 Å². The summed E-state index contributed by atoms with van der Waals surface area (Å²) < 4.78 is 28.1. The molecule has 1 fully saturated rings. The van der Waals surface area contributed by atoms with Gasteiger partial charge in [-0.2, -0.15) is 0 Å². The Labute approximate surface area is 217 Å². The van der Waals surface area contributed by atoms with Crippen LogP contribution < -0.4 is 15.8 Å². The number of fused-ring (bicyclic) bond motifs is 1. The molecule has 0 aliphatic carbocycles. The van der Waals surface area contributed by atoms with Crippen molar-refractivity contribution in [1.29, 1.82) is 0 Å². The lowest BCUT2D eigenvalue weighted by Gasteiger charge is -2.36. The number of hydrogen-bond acceptors (Lipinski definition) is 6. The Hall–Kier alpha value is -4.18. The number of aromatic nitrogens is 3. The van der Waals surface area contributed by atoms with Crippen molar-refractivity contribution < 1.29 is 18.7 Å². The molecule has 2 aromatic carbocycles. The summed E-state index contributed by atoms with van der Waals surface area (Å²) >= 11 is 0. The molecular formula is C28H27F2N5O3. The number of amides is 1. The molecule has 2 N–H and O–H groups in total. The molecule has 5 rings (SSSR count). The lowest BCUT2D eigenvalue weighted by Crippen LogP contribution is -2.42. The summed E-state index contributed by atoms with van der Waals surface area (Å²) in [4.78, 5) is 36.8. The predicted octanol–water partition coefficient (Wildman–Crippen LogP) is 3.40. The maximum atomic E-state index is 13.6. The van der Waals surface area contributed by atoms with Crippen LogP contribution in [0.5, 0.6) is 0 Å². The average molecular weight is 520 g/mol. The van der Waals surface area contributed by atoms with Crippen LogP contribution in [0, 0.1) is 11.6 Å². The number of halogens is 2. The van der Waals surface area contributed by atoms with E-state index in [2.05, 4.69) is 20.2 Å². The topological polar surface area (TPSA) is 100 Å². The van der Waals surface area contributed by atoms with Crippen LogP contribution in [0.25, 0.3) is 10.9 Å². The molecule has 10 heteroatoms. The summed E-state index contributed by atoms with van der Waals surface area (Å²) in [7, 11) is 0. The van der Waals surface area contributed by atoms with E-state index in [0.717, 1.165) is 34.4 Å². The van der Waals surface area contributed by atoms with Crippen LogP contribution in [0.2, 0.25) is 0 Å². The number of hydrogen-bond donors (Lipinski definition) is 2. The van der Waals surface area contributed by atoms with Gasteiger partial charge in [-0.25, -0.2) is 18.7 Å². The SMILES string of the molecule is CC1(O)CCN(c2ncnc3ccc(CNC(=O)c4cccn(Cc5ccc(F)c(F)c5)c4=O)cc23)CC1. The highest BCUT2D eigenvalue weighted by atomic mass is 19.2. The minimum atomic E-state index is -0.999. The zero-order valence-corrected chi connectivity index (χ0v) is 20.8. The van der Waals surface area contributed by atoms with Crippen molar-refractivity contribution in [3.63, 3.8) is 0 Å². The van der Waals surface area contributed by atoms with Gasteiger partial charge >= 0.3 is 0 Å². The minimum absolute atomic E-state index is 0.00344. The van der Waals surface area contributed by atoms with Gasteiger partial charge in [-0.3, -0.25) is 9.59 Å². The van der Waals surface area contributed by atoms with Gasteiger partial charge in [0.2, 0.25) is 0 Å². The second-order valence-corrected chi connectivity index (χ2v) is 9.82. The van der Waals surface area contributed by atoms with E-state index in [-0.39, 0.29) is 18.7 Å². The van der Waals surface area contributed by atoms with Crippen molar-refractivity contribution in [2.75, 3.05) is 18.0 Å². The number of aliphatic hydroxyl groups is 1. The highest BCUT2D eigenvalue weighted by Crippen LogP contribution is 2.29. The van der Waals surface area contributed by atoms with E-state index in [0.29, 0.717) is 31.5 Å². The monoisotopic (exact) mass is 519 g/mol. The van der Waals surface area contributed by atoms with Gasteiger partial charge in [0.1, 0.15) is 17.7 Å². The molecule has 1 saturated heterocycles. The van der Waals surface area contributed by atoms with Crippen LogP contribution in [0.1, 0.15) is 41.3 Å². The zero-order chi connectivity index (χ0) is 26.9. The first-order chi connectivity index (χ1) is 18.2. The third-order valence-electron chi connectivity index (χ3n) is 6.87. The molecular weight excluding hydrogens is 492 g/mol. The molecule has 38 heavy (non-hydrogen) atoms. The van der Waals surface area contributed by atoms with Crippen LogP contribution in [0.15, 0.2) is 65.8 Å². The van der Waals surface area contributed by atoms with Crippen LogP contribution in [-0.4, -0.2) is 44.2 Å². The maximum Gasteiger partial charge on any atom is 0.263 e. The molecule has 0 bridgehead atoms. The first kappa shape index (κ1) is 25.5. The number of benzene rings is 2. The van der Waals surface area contributed by atoms with Gasteiger partial charge < -0.3 is 19.9 Å². The van der Waals surface area contributed by atoms with Crippen LogP contribution in [0.4, 0.5) is 14.6 Å². The molecule has 1 aliphatic rings. The third-order valence-corrected chi connectivity index (χ3v) is 6.87. The number of pyridine rings is 1. The van der Waals surface area contributed by atoms with Crippen molar-refractivity contribution >= 4 is 22.6 Å².